The van der Waals surface area contributed by atoms with Crippen molar-refractivity contribution in [1.82, 2.24) is 15.5 Å². The molecule has 0 fully saturated rings. The van der Waals surface area contributed by atoms with Crippen molar-refractivity contribution in [2.75, 3.05) is 13.6 Å². The van der Waals surface area contributed by atoms with Crippen LogP contribution in [0.15, 0.2) is 69.6 Å². The molecule has 0 amide bonds. The highest BCUT2D eigenvalue weighted by molar-refractivity contribution is 7.10. The van der Waals surface area contributed by atoms with E-state index in [0.29, 0.717) is 6.54 Å². The Labute approximate surface area is 177 Å². The van der Waals surface area contributed by atoms with E-state index in [-0.39, 0.29) is 6.04 Å². The van der Waals surface area contributed by atoms with Crippen LogP contribution in [0.2, 0.25) is 0 Å². The summed E-state index contributed by atoms with van der Waals surface area (Å²) in [4.78, 5) is 8.39. The first-order valence-electron chi connectivity index (χ1n) is 10.0. The summed E-state index contributed by atoms with van der Waals surface area (Å²) >= 11 is 1.76. The summed E-state index contributed by atoms with van der Waals surface area (Å²) in [5, 5.41) is 8.97. The highest BCUT2D eigenvalue weighted by Crippen LogP contribution is 2.18. The Balaban J connectivity index is 1.65. The Morgan fingerprint density at radius 1 is 1.10 bits per heavy atom. The first-order chi connectivity index (χ1) is 14.2. The number of rotatable bonds is 9. The summed E-state index contributed by atoms with van der Waals surface area (Å²) in [7, 11) is 2.11. The Morgan fingerprint density at radius 3 is 2.62 bits per heavy atom. The summed E-state index contributed by atoms with van der Waals surface area (Å²) in [5.41, 5.74) is 2.52. The zero-order chi connectivity index (χ0) is 20.5. The van der Waals surface area contributed by atoms with Crippen LogP contribution < -0.4 is 10.6 Å². The van der Waals surface area contributed by atoms with Crippen LogP contribution in [-0.2, 0) is 19.6 Å². The lowest BCUT2D eigenvalue weighted by molar-refractivity contribution is 0.287. The lowest BCUT2D eigenvalue weighted by Crippen LogP contribution is -2.38. The monoisotopic (exact) mass is 410 g/mol. The summed E-state index contributed by atoms with van der Waals surface area (Å²) in [6.45, 7) is 7.35. The van der Waals surface area contributed by atoms with Crippen molar-refractivity contribution in [2.45, 2.75) is 39.5 Å². The Morgan fingerprint density at radius 2 is 1.93 bits per heavy atom. The van der Waals surface area contributed by atoms with Crippen molar-refractivity contribution >= 4 is 17.3 Å². The quantitative estimate of drug-likeness (QED) is 0.393. The van der Waals surface area contributed by atoms with Crippen molar-refractivity contribution in [2.24, 2.45) is 4.99 Å². The molecule has 2 heterocycles. The fraction of sp³-hybridized carbons (Fsp3) is 0.348. The highest BCUT2D eigenvalue weighted by Gasteiger charge is 2.10. The van der Waals surface area contributed by atoms with Crippen LogP contribution in [0.25, 0.3) is 0 Å². The average Bonchev–Trinajstić information content (AvgIpc) is 3.41. The van der Waals surface area contributed by atoms with E-state index < -0.39 is 0 Å². The second-order valence-electron chi connectivity index (χ2n) is 7.10. The number of benzene rings is 1. The molecule has 0 aliphatic heterocycles. The van der Waals surface area contributed by atoms with Gasteiger partial charge in [0.15, 0.2) is 5.96 Å². The van der Waals surface area contributed by atoms with Gasteiger partial charge in [-0.15, -0.1) is 11.3 Å². The summed E-state index contributed by atoms with van der Waals surface area (Å²) in [6.07, 6.45) is 1.72. The topological polar surface area (TPSA) is 52.8 Å². The van der Waals surface area contributed by atoms with Gasteiger partial charge in [0.05, 0.1) is 25.4 Å². The van der Waals surface area contributed by atoms with Crippen molar-refractivity contribution in [3.8, 4) is 0 Å². The van der Waals surface area contributed by atoms with Gasteiger partial charge in [0.25, 0.3) is 0 Å². The van der Waals surface area contributed by atoms with Gasteiger partial charge in [0, 0.05) is 18.0 Å². The molecular formula is C23H30N4OS. The Bertz CT molecular complexity index is 874. The van der Waals surface area contributed by atoms with Gasteiger partial charge in [-0.3, -0.25) is 4.90 Å². The molecule has 3 rings (SSSR count). The van der Waals surface area contributed by atoms with Gasteiger partial charge in [-0.05, 0) is 55.6 Å². The van der Waals surface area contributed by atoms with E-state index in [9.17, 15) is 0 Å². The van der Waals surface area contributed by atoms with Crippen LogP contribution in [0.3, 0.4) is 0 Å². The maximum Gasteiger partial charge on any atom is 0.192 e. The van der Waals surface area contributed by atoms with Crippen LogP contribution in [0.5, 0.6) is 0 Å². The minimum Gasteiger partial charge on any atom is -0.468 e. The number of guanidine groups is 1. The molecule has 1 atom stereocenters. The van der Waals surface area contributed by atoms with Crippen LogP contribution in [-0.4, -0.2) is 24.5 Å². The van der Waals surface area contributed by atoms with E-state index in [1.54, 1.807) is 17.6 Å². The molecule has 0 saturated heterocycles. The standard InChI is InChI=1S/C23H30N4OS/c1-4-24-23(26-18(2)22-12-8-14-29-22)25-15-19-9-5-6-10-20(19)16-27(3)17-21-11-7-13-28-21/h5-14,18H,4,15-17H2,1-3H3,(H2,24,25,26). The van der Waals surface area contributed by atoms with Crippen molar-refractivity contribution < 1.29 is 4.42 Å². The number of aliphatic imine (C=N–C) groups is 1. The maximum atomic E-state index is 5.47. The Kier molecular flexibility index (Phi) is 7.90. The van der Waals surface area contributed by atoms with Gasteiger partial charge in [-0.2, -0.15) is 0 Å². The molecule has 3 aromatic rings. The molecule has 2 aromatic heterocycles. The van der Waals surface area contributed by atoms with Gasteiger partial charge in [0.1, 0.15) is 5.76 Å². The van der Waals surface area contributed by atoms with Gasteiger partial charge in [0.2, 0.25) is 0 Å². The molecule has 0 bridgehead atoms. The molecule has 1 unspecified atom stereocenters. The summed E-state index contributed by atoms with van der Waals surface area (Å²) in [5.74, 6) is 1.82. The lowest BCUT2D eigenvalue weighted by Gasteiger charge is -2.19. The molecule has 154 valence electrons. The molecule has 1 aromatic carbocycles. The molecule has 2 N–H and O–H groups in total. The minimum atomic E-state index is 0.225. The van der Waals surface area contributed by atoms with E-state index in [1.165, 1.54) is 16.0 Å². The number of nitrogens with zero attached hydrogens (tertiary/aromatic N) is 2. The van der Waals surface area contributed by atoms with Gasteiger partial charge >= 0.3 is 0 Å². The molecule has 0 spiro atoms. The number of hydrogen-bond acceptors (Lipinski definition) is 4. The van der Waals surface area contributed by atoms with E-state index in [2.05, 4.69) is 78.2 Å². The fourth-order valence-corrected chi connectivity index (χ4v) is 3.91. The second-order valence-corrected chi connectivity index (χ2v) is 8.08. The molecule has 0 aliphatic carbocycles. The first-order valence-corrected chi connectivity index (χ1v) is 10.9. The minimum absolute atomic E-state index is 0.225. The molecule has 0 radical (unpaired) electrons. The zero-order valence-electron chi connectivity index (χ0n) is 17.4. The van der Waals surface area contributed by atoms with Crippen LogP contribution in [0.4, 0.5) is 0 Å². The number of nitrogens with one attached hydrogen (secondary N) is 2. The van der Waals surface area contributed by atoms with Crippen molar-refractivity contribution in [3.05, 3.63) is 81.9 Å². The number of thiophene rings is 1. The second kappa shape index (κ2) is 10.8. The molecular weight excluding hydrogens is 380 g/mol. The lowest BCUT2D eigenvalue weighted by atomic mass is 10.1. The van der Waals surface area contributed by atoms with Gasteiger partial charge < -0.3 is 15.1 Å². The summed E-state index contributed by atoms with van der Waals surface area (Å²) in [6, 6.07) is 16.9. The van der Waals surface area contributed by atoms with E-state index in [0.717, 1.165) is 31.4 Å². The molecule has 6 heteroatoms. The van der Waals surface area contributed by atoms with E-state index in [1.807, 2.05) is 12.1 Å². The Hall–Kier alpha value is -2.57. The predicted octanol–water partition coefficient (Wildman–Crippen LogP) is 4.79. The third-order valence-corrected chi connectivity index (χ3v) is 5.69. The maximum absolute atomic E-state index is 5.47. The molecule has 0 aliphatic rings. The van der Waals surface area contributed by atoms with E-state index >= 15 is 0 Å². The van der Waals surface area contributed by atoms with Crippen molar-refractivity contribution in [1.29, 1.82) is 0 Å². The summed E-state index contributed by atoms with van der Waals surface area (Å²) < 4.78 is 5.47. The highest BCUT2D eigenvalue weighted by atomic mass is 32.1. The van der Waals surface area contributed by atoms with Gasteiger partial charge in [-0.1, -0.05) is 30.3 Å². The normalized spacial score (nSPS) is 12.9. The predicted molar refractivity (Wildman–Crippen MR) is 121 cm³/mol. The third-order valence-electron chi connectivity index (χ3n) is 4.64. The van der Waals surface area contributed by atoms with Gasteiger partial charge in [-0.25, -0.2) is 4.99 Å². The SMILES string of the molecule is CCNC(=NCc1ccccc1CN(C)Cc1ccco1)NC(C)c1cccs1. The molecule has 29 heavy (non-hydrogen) atoms. The average molecular weight is 411 g/mol. The number of furan rings is 1. The van der Waals surface area contributed by atoms with Crippen molar-refractivity contribution in [3.63, 3.8) is 0 Å². The fourth-order valence-electron chi connectivity index (χ4n) is 3.18. The zero-order valence-corrected chi connectivity index (χ0v) is 18.2. The van der Waals surface area contributed by atoms with E-state index in [4.69, 9.17) is 9.41 Å². The molecule has 5 nitrogen and oxygen atoms in total. The van der Waals surface area contributed by atoms with Crippen LogP contribution >= 0.6 is 11.3 Å². The van der Waals surface area contributed by atoms with Crippen LogP contribution in [0, 0.1) is 0 Å². The van der Waals surface area contributed by atoms with Crippen LogP contribution in [0.1, 0.15) is 41.7 Å². The first kappa shape index (κ1) is 21.1. The smallest absolute Gasteiger partial charge is 0.192 e. The molecule has 0 saturated carbocycles. The third kappa shape index (κ3) is 6.48. The largest absolute Gasteiger partial charge is 0.468 e. The number of hydrogen-bond donors (Lipinski definition) is 2.